The Morgan fingerprint density at radius 2 is 1.46 bits per heavy atom. The first-order valence-corrected chi connectivity index (χ1v) is 17.7. The number of hydrogen-bond donors (Lipinski definition) is 1. The van der Waals surface area contributed by atoms with E-state index in [1.807, 2.05) is 12.1 Å². The molecule has 3 nitrogen and oxygen atoms in total. The van der Waals surface area contributed by atoms with Crippen molar-refractivity contribution in [3.63, 3.8) is 0 Å². The molecule has 1 rings (SSSR count). The molecule has 0 heterocycles. The summed E-state index contributed by atoms with van der Waals surface area (Å²) in [7, 11) is 1.69. The monoisotopic (exact) mass is 467 g/mol. The van der Waals surface area contributed by atoms with Crippen LogP contribution in [-0.4, -0.2) is 31.9 Å². The minimum absolute atomic E-state index is 0.866. The van der Waals surface area contributed by atoms with Gasteiger partial charge in [-0.15, -0.1) is 0 Å². The van der Waals surface area contributed by atoms with Gasteiger partial charge in [0.15, 0.2) is 0 Å². The molecule has 1 aromatic rings. The maximum atomic E-state index is 11.4. The summed E-state index contributed by atoms with van der Waals surface area (Å²) >= 11 is -2.64. The molecule has 1 amide bonds. The van der Waals surface area contributed by atoms with E-state index in [-0.39, 0.29) is 0 Å². The second-order valence-electron chi connectivity index (χ2n) is 7.18. The van der Waals surface area contributed by atoms with E-state index in [9.17, 15) is 4.79 Å². The first-order chi connectivity index (χ1) is 12.7. The first kappa shape index (κ1) is 23.1. The third kappa shape index (κ3) is 7.34. The van der Waals surface area contributed by atoms with Crippen LogP contribution >= 0.6 is 0 Å². The maximum absolute atomic E-state index is 11.4. The molecule has 0 radical (unpaired) electrons. The van der Waals surface area contributed by atoms with Crippen molar-refractivity contribution in [1.82, 2.24) is 5.32 Å². The van der Waals surface area contributed by atoms with Crippen LogP contribution in [0.4, 0.5) is 0 Å². The summed E-state index contributed by atoms with van der Waals surface area (Å²) in [6.07, 6.45) is 10.7. The molecule has 0 aromatic heterocycles. The van der Waals surface area contributed by atoms with Crippen LogP contribution in [0, 0.1) is 0 Å². The SMILES string of the molecule is CCC[CH2][Sn]([CH2]CCC)([CH2]CCC)/[C](=C\c1ccc(OC)cc1)NC=O. The van der Waals surface area contributed by atoms with E-state index in [1.165, 1.54) is 55.5 Å². The number of unbranched alkanes of at least 4 members (excludes halogenated alkanes) is 3. The summed E-state index contributed by atoms with van der Waals surface area (Å²) in [5.41, 5.74) is 1.15. The molecular formula is C22H37NO2Sn. The average Bonchev–Trinajstić information content (AvgIpc) is 2.68. The Bertz CT molecular complexity index is 518. The van der Waals surface area contributed by atoms with Crippen LogP contribution in [-0.2, 0) is 4.79 Å². The van der Waals surface area contributed by atoms with Gasteiger partial charge in [0.05, 0.1) is 0 Å². The fraction of sp³-hybridized carbons (Fsp3) is 0.591. The molecule has 0 fully saturated rings. The quantitative estimate of drug-likeness (QED) is 0.263. The van der Waals surface area contributed by atoms with Crippen molar-refractivity contribution < 1.29 is 9.53 Å². The molecule has 26 heavy (non-hydrogen) atoms. The Morgan fingerprint density at radius 3 is 1.85 bits per heavy atom. The predicted octanol–water partition coefficient (Wildman–Crippen LogP) is 6.17. The van der Waals surface area contributed by atoms with E-state index in [1.54, 1.807) is 7.11 Å². The zero-order chi connectivity index (χ0) is 19.3. The van der Waals surface area contributed by atoms with Crippen molar-refractivity contribution in [1.29, 1.82) is 0 Å². The van der Waals surface area contributed by atoms with Crippen LogP contribution in [0.15, 0.2) is 28.0 Å². The number of ether oxygens (including phenoxy) is 1. The molecule has 0 unspecified atom stereocenters. The first-order valence-electron chi connectivity index (χ1n) is 10.2. The van der Waals surface area contributed by atoms with Gasteiger partial charge in [-0.25, -0.2) is 0 Å². The number of rotatable bonds is 14. The molecule has 0 aliphatic heterocycles. The summed E-state index contributed by atoms with van der Waals surface area (Å²) in [5, 5.41) is 3.17. The van der Waals surface area contributed by atoms with E-state index < -0.39 is 18.4 Å². The molecule has 0 aliphatic carbocycles. The van der Waals surface area contributed by atoms with Gasteiger partial charge in [-0.1, -0.05) is 0 Å². The Morgan fingerprint density at radius 1 is 0.962 bits per heavy atom. The number of carbonyl (C=O) groups excluding carboxylic acids is 1. The Hall–Kier alpha value is -0.971. The predicted molar refractivity (Wildman–Crippen MR) is 115 cm³/mol. The van der Waals surface area contributed by atoms with Gasteiger partial charge < -0.3 is 0 Å². The zero-order valence-electron chi connectivity index (χ0n) is 17.1. The summed E-state index contributed by atoms with van der Waals surface area (Å²) in [6, 6.07) is 8.15. The molecule has 0 saturated carbocycles. The zero-order valence-corrected chi connectivity index (χ0v) is 20.0. The molecule has 0 spiro atoms. The second kappa shape index (κ2) is 13.2. The van der Waals surface area contributed by atoms with Crippen molar-refractivity contribution in [2.45, 2.75) is 72.6 Å². The molecule has 0 saturated heterocycles. The van der Waals surface area contributed by atoms with E-state index in [4.69, 9.17) is 4.74 Å². The van der Waals surface area contributed by atoms with Gasteiger partial charge in [0.25, 0.3) is 0 Å². The molecule has 0 atom stereocenters. The van der Waals surface area contributed by atoms with Gasteiger partial charge in [-0.05, 0) is 0 Å². The molecule has 4 heteroatoms. The number of benzene rings is 1. The molecule has 1 N–H and O–H groups in total. The van der Waals surface area contributed by atoms with E-state index in [0.29, 0.717) is 0 Å². The molecule has 1 aromatic carbocycles. The Kier molecular flexibility index (Phi) is 11.7. The fourth-order valence-electron chi connectivity index (χ4n) is 3.60. The van der Waals surface area contributed by atoms with Gasteiger partial charge in [0, 0.05) is 0 Å². The van der Waals surface area contributed by atoms with Crippen molar-refractivity contribution in [3.8, 4) is 5.75 Å². The molecule has 0 bridgehead atoms. The number of hydrogen-bond acceptors (Lipinski definition) is 2. The van der Waals surface area contributed by atoms with Crippen LogP contribution in [0.5, 0.6) is 5.75 Å². The van der Waals surface area contributed by atoms with Crippen molar-refractivity contribution in [2.24, 2.45) is 0 Å². The van der Waals surface area contributed by atoms with Crippen molar-refractivity contribution in [2.75, 3.05) is 7.11 Å². The summed E-state index contributed by atoms with van der Waals surface area (Å²) in [5.74, 6) is 0.866. The summed E-state index contributed by atoms with van der Waals surface area (Å²) in [4.78, 5) is 11.4. The normalized spacial score (nSPS) is 12.1. The van der Waals surface area contributed by atoms with Gasteiger partial charge in [-0.3, -0.25) is 0 Å². The molecular weight excluding hydrogens is 429 g/mol. The van der Waals surface area contributed by atoms with Gasteiger partial charge in [-0.2, -0.15) is 0 Å². The van der Waals surface area contributed by atoms with Gasteiger partial charge in [0.2, 0.25) is 0 Å². The Labute approximate surface area is 164 Å². The number of methoxy groups -OCH3 is 1. The Balaban J connectivity index is 3.27. The third-order valence-corrected chi connectivity index (χ3v) is 20.5. The molecule has 146 valence electrons. The van der Waals surface area contributed by atoms with E-state index in [2.05, 4.69) is 44.3 Å². The number of nitrogens with one attached hydrogen (secondary N) is 1. The van der Waals surface area contributed by atoms with Crippen LogP contribution in [0.1, 0.15) is 64.9 Å². The topological polar surface area (TPSA) is 38.3 Å². The van der Waals surface area contributed by atoms with Crippen LogP contribution in [0.25, 0.3) is 6.08 Å². The standard InChI is InChI=1S/C10H10NO2.3C4H9.Sn/c1-13-10-4-2-9(3-5-10)6-7-11-8-12;3*1-3-4-2;/h2-6,8H,1H3,(H,11,12);3*1,3-4H2,2H3;. The van der Waals surface area contributed by atoms with Crippen molar-refractivity contribution in [3.05, 3.63) is 33.5 Å². The van der Waals surface area contributed by atoms with Crippen LogP contribution in [0.2, 0.25) is 13.3 Å². The average molecular weight is 466 g/mol. The second-order valence-corrected chi connectivity index (χ2v) is 20.3. The fourth-order valence-corrected chi connectivity index (χ4v) is 19.3. The van der Waals surface area contributed by atoms with Crippen molar-refractivity contribution >= 4 is 30.9 Å². The van der Waals surface area contributed by atoms with E-state index >= 15 is 0 Å². The molecule has 0 aliphatic rings. The summed E-state index contributed by atoms with van der Waals surface area (Å²) in [6.45, 7) is 6.82. The van der Waals surface area contributed by atoms with Gasteiger partial charge >= 0.3 is 165 Å². The van der Waals surface area contributed by atoms with Crippen LogP contribution < -0.4 is 10.1 Å². The van der Waals surface area contributed by atoms with E-state index in [0.717, 1.165) is 17.7 Å². The number of carbonyl (C=O) groups is 1. The summed E-state index contributed by atoms with van der Waals surface area (Å²) < 4.78 is 10.6. The number of amides is 1. The third-order valence-electron chi connectivity index (χ3n) is 5.24. The van der Waals surface area contributed by atoms with Gasteiger partial charge in [0.1, 0.15) is 0 Å². The minimum atomic E-state index is -2.64. The van der Waals surface area contributed by atoms with Crippen LogP contribution in [0.3, 0.4) is 0 Å².